The second-order valence-corrected chi connectivity index (χ2v) is 6.87. The second kappa shape index (κ2) is 5.35. The molecule has 1 N–H and O–H groups in total. The number of hydrogen-bond donors (Lipinski definition) is 1. The largest absolute Gasteiger partial charge is 0.388 e. The first-order chi connectivity index (χ1) is 10.3. The maximum Gasteiger partial charge on any atom is 0.274 e. The smallest absolute Gasteiger partial charge is 0.274 e. The number of aliphatic hydroxyl groups is 1. The van der Waals surface area contributed by atoms with E-state index in [1.807, 2.05) is 20.9 Å². The molecule has 0 radical (unpaired) electrons. The van der Waals surface area contributed by atoms with E-state index in [0.717, 1.165) is 30.5 Å². The molecule has 1 aromatic rings. The standard InChI is InChI=1S/C16H25N3O3/c1-10-8-12-13(17-19(4)14(12)11(2)22-10)15(20)18(3)9-16(21)6-5-7-16/h10-11,21H,5-9H2,1-4H3/t10-,11+/m1/s1. The summed E-state index contributed by atoms with van der Waals surface area (Å²) < 4.78 is 7.58. The lowest BCUT2D eigenvalue weighted by Crippen LogP contribution is -2.48. The number of carbonyl (C=O) groups excluding carboxylic acids is 1. The highest BCUT2D eigenvalue weighted by molar-refractivity contribution is 5.94. The number of amides is 1. The molecule has 6 nitrogen and oxygen atoms in total. The van der Waals surface area contributed by atoms with Gasteiger partial charge in [0.2, 0.25) is 0 Å². The van der Waals surface area contributed by atoms with Crippen molar-refractivity contribution in [3.63, 3.8) is 0 Å². The van der Waals surface area contributed by atoms with Crippen molar-refractivity contribution >= 4 is 5.91 Å². The van der Waals surface area contributed by atoms with E-state index in [4.69, 9.17) is 4.74 Å². The van der Waals surface area contributed by atoms with Gasteiger partial charge in [-0.05, 0) is 33.1 Å². The fraction of sp³-hybridized carbons (Fsp3) is 0.750. The van der Waals surface area contributed by atoms with E-state index in [0.29, 0.717) is 18.7 Å². The van der Waals surface area contributed by atoms with Gasteiger partial charge in [0.05, 0.1) is 23.5 Å². The van der Waals surface area contributed by atoms with E-state index in [1.165, 1.54) is 0 Å². The zero-order valence-corrected chi connectivity index (χ0v) is 13.8. The molecule has 3 rings (SSSR count). The summed E-state index contributed by atoms with van der Waals surface area (Å²) in [5, 5.41) is 14.7. The Morgan fingerprint density at radius 1 is 1.50 bits per heavy atom. The molecule has 0 bridgehead atoms. The van der Waals surface area contributed by atoms with Gasteiger partial charge in [0.15, 0.2) is 5.69 Å². The zero-order valence-electron chi connectivity index (χ0n) is 13.8. The van der Waals surface area contributed by atoms with Crippen LogP contribution in [0.1, 0.15) is 61.0 Å². The van der Waals surface area contributed by atoms with Crippen LogP contribution in [-0.2, 0) is 18.2 Å². The normalized spacial score (nSPS) is 26.2. The minimum absolute atomic E-state index is 0.0566. The van der Waals surface area contributed by atoms with Gasteiger partial charge >= 0.3 is 0 Å². The van der Waals surface area contributed by atoms with Gasteiger partial charge in [-0.25, -0.2) is 0 Å². The predicted octanol–water partition coefficient (Wildman–Crippen LogP) is 1.43. The third-order valence-electron chi connectivity index (χ3n) is 4.87. The van der Waals surface area contributed by atoms with Gasteiger partial charge in [-0.1, -0.05) is 0 Å². The van der Waals surface area contributed by atoms with Crippen molar-refractivity contribution in [1.29, 1.82) is 0 Å². The predicted molar refractivity (Wildman–Crippen MR) is 81.6 cm³/mol. The number of aromatic nitrogens is 2. The van der Waals surface area contributed by atoms with Crippen molar-refractivity contribution in [2.45, 2.75) is 57.3 Å². The highest BCUT2D eigenvalue weighted by Gasteiger charge is 2.38. The minimum Gasteiger partial charge on any atom is -0.388 e. The first-order valence-corrected chi connectivity index (χ1v) is 8.00. The van der Waals surface area contributed by atoms with Gasteiger partial charge in [-0.2, -0.15) is 5.10 Å². The van der Waals surface area contributed by atoms with Crippen molar-refractivity contribution in [1.82, 2.24) is 14.7 Å². The van der Waals surface area contributed by atoms with E-state index < -0.39 is 5.60 Å². The van der Waals surface area contributed by atoms with E-state index in [1.54, 1.807) is 16.6 Å². The number of fused-ring (bicyclic) bond motifs is 1. The summed E-state index contributed by atoms with van der Waals surface area (Å²) >= 11 is 0. The maximum absolute atomic E-state index is 12.8. The number of rotatable bonds is 3. The molecular formula is C16H25N3O3. The van der Waals surface area contributed by atoms with Gasteiger partial charge < -0.3 is 14.7 Å². The quantitative estimate of drug-likeness (QED) is 0.917. The number of carbonyl (C=O) groups is 1. The molecule has 1 saturated carbocycles. The van der Waals surface area contributed by atoms with Gasteiger partial charge in [-0.15, -0.1) is 0 Å². The van der Waals surface area contributed by atoms with Crippen LogP contribution in [-0.4, -0.2) is 51.0 Å². The number of aryl methyl sites for hydroxylation is 1. The fourth-order valence-electron chi connectivity index (χ4n) is 3.65. The first kappa shape index (κ1) is 15.5. The Balaban J connectivity index is 1.85. The van der Waals surface area contributed by atoms with Crippen molar-refractivity contribution in [2.75, 3.05) is 13.6 Å². The topological polar surface area (TPSA) is 67.6 Å². The maximum atomic E-state index is 12.8. The molecule has 0 aromatic carbocycles. The average Bonchev–Trinajstić information content (AvgIpc) is 2.73. The lowest BCUT2D eigenvalue weighted by atomic mass is 9.80. The first-order valence-electron chi connectivity index (χ1n) is 8.00. The number of nitrogens with zero attached hydrogens (tertiary/aromatic N) is 3. The molecule has 1 aromatic heterocycles. The zero-order chi connectivity index (χ0) is 16.1. The van der Waals surface area contributed by atoms with E-state index >= 15 is 0 Å². The van der Waals surface area contributed by atoms with Crippen LogP contribution >= 0.6 is 0 Å². The Labute approximate surface area is 131 Å². The molecule has 2 heterocycles. The Bertz CT molecular complexity index is 592. The van der Waals surface area contributed by atoms with Gasteiger partial charge in [0, 0.05) is 32.6 Å². The minimum atomic E-state index is -0.705. The molecule has 1 fully saturated rings. The highest BCUT2D eigenvalue weighted by atomic mass is 16.5. The molecule has 1 aliphatic heterocycles. The summed E-state index contributed by atoms with van der Waals surface area (Å²) in [6.07, 6.45) is 3.30. The number of hydrogen-bond acceptors (Lipinski definition) is 4. The molecular weight excluding hydrogens is 282 g/mol. The third-order valence-corrected chi connectivity index (χ3v) is 4.87. The van der Waals surface area contributed by atoms with Gasteiger partial charge in [0.25, 0.3) is 5.91 Å². The van der Waals surface area contributed by atoms with Crippen molar-refractivity contribution in [2.24, 2.45) is 7.05 Å². The number of likely N-dealkylation sites (N-methyl/N-ethyl adjacent to an activating group) is 1. The SMILES string of the molecule is C[C@@H]1Cc2c(C(=O)N(C)CC3(O)CCC3)nn(C)c2[C@H](C)O1. The van der Waals surface area contributed by atoms with Crippen LogP contribution in [0.15, 0.2) is 0 Å². The Morgan fingerprint density at radius 3 is 2.77 bits per heavy atom. The highest BCUT2D eigenvalue weighted by Crippen LogP contribution is 2.34. The van der Waals surface area contributed by atoms with Crippen molar-refractivity contribution in [3.8, 4) is 0 Å². The summed E-state index contributed by atoms with van der Waals surface area (Å²) in [5.74, 6) is -0.113. The lowest BCUT2D eigenvalue weighted by Gasteiger charge is -2.39. The average molecular weight is 307 g/mol. The number of ether oxygens (including phenoxy) is 1. The molecule has 0 unspecified atom stereocenters. The van der Waals surface area contributed by atoms with Crippen LogP contribution in [0.2, 0.25) is 0 Å². The van der Waals surface area contributed by atoms with Gasteiger partial charge in [-0.3, -0.25) is 9.48 Å². The molecule has 1 amide bonds. The van der Waals surface area contributed by atoms with Crippen LogP contribution in [0.3, 0.4) is 0 Å². The van der Waals surface area contributed by atoms with Gasteiger partial charge in [0.1, 0.15) is 0 Å². The summed E-state index contributed by atoms with van der Waals surface area (Å²) in [7, 11) is 3.59. The summed E-state index contributed by atoms with van der Waals surface area (Å²) in [4.78, 5) is 14.4. The monoisotopic (exact) mass is 307 g/mol. The van der Waals surface area contributed by atoms with Crippen LogP contribution in [0.4, 0.5) is 0 Å². The van der Waals surface area contributed by atoms with Crippen molar-refractivity contribution < 1.29 is 14.6 Å². The van der Waals surface area contributed by atoms with Crippen LogP contribution in [0.5, 0.6) is 0 Å². The van der Waals surface area contributed by atoms with E-state index in [9.17, 15) is 9.90 Å². The molecule has 22 heavy (non-hydrogen) atoms. The molecule has 6 heteroatoms. The molecule has 1 aliphatic carbocycles. The van der Waals surface area contributed by atoms with E-state index in [-0.39, 0.29) is 18.1 Å². The van der Waals surface area contributed by atoms with Crippen LogP contribution in [0, 0.1) is 0 Å². The molecule has 2 aliphatic rings. The molecule has 2 atom stereocenters. The third kappa shape index (κ3) is 2.54. The Morgan fingerprint density at radius 2 is 2.18 bits per heavy atom. The molecule has 0 saturated heterocycles. The summed E-state index contributed by atoms with van der Waals surface area (Å²) in [6, 6.07) is 0. The second-order valence-electron chi connectivity index (χ2n) is 6.87. The fourth-order valence-corrected chi connectivity index (χ4v) is 3.65. The molecule has 122 valence electrons. The Kier molecular flexibility index (Phi) is 3.77. The van der Waals surface area contributed by atoms with Crippen molar-refractivity contribution in [3.05, 3.63) is 17.0 Å². The molecule has 0 spiro atoms. The van der Waals surface area contributed by atoms with Crippen LogP contribution in [0.25, 0.3) is 0 Å². The summed E-state index contributed by atoms with van der Waals surface area (Å²) in [6.45, 7) is 4.38. The van der Waals surface area contributed by atoms with E-state index in [2.05, 4.69) is 5.10 Å². The lowest BCUT2D eigenvalue weighted by molar-refractivity contribution is -0.0500. The van der Waals surface area contributed by atoms with Crippen LogP contribution < -0.4 is 0 Å². The Hall–Kier alpha value is -1.40. The summed E-state index contributed by atoms with van der Waals surface area (Å²) in [5.41, 5.74) is 1.77.